The average molecular weight is 513 g/mol. The lowest BCUT2D eigenvalue weighted by Gasteiger charge is -2.18. The van der Waals surface area contributed by atoms with Crippen LogP contribution < -0.4 is 20.8 Å². The van der Waals surface area contributed by atoms with Gasteiger partial charge in [-0.1, -0.05) is 15.9 Å². The molecule has 5 N–H and O–H groups in total. The number of aromatic amines is 1. The summed E-state index contributed by atoms with van der Waals surface area (Å²) in [6.45, 7) is 4.78. The van der Waals surface area contributed by atoms with Crippen molar-refractivity contribution in [3.63, 3.8) is 0 Å². The van der Waals surface area contributed by atoms with Crippen LogP contribution >= 0.6 is 15.9 Å². The van der Waals surface area contributed by atoms with Crippen LogP contribution in [-0.4, -0.2) is 52.4 Å². The molecule has 2 aromatic rings. The summed E-state index contributed by atoms with van der Waals surface area (Å²) in [6.07, 6.45) is -0.336. The van der Waals surface area contributed by atoms with E-state index in [2.05, 4.69) is 15.9 Å². The van der Waals surface area contributed by atoms with Crippen molar-refractivity contribution in [1.82, 2.24) is 4.98 Å². The van der Waals surface area contributed by atoms with Crippen molar-refractivity contribution < 1.29 is 38.8 Å². The molecule has 0 saturated carbocycles. The van der Waals surface area contributed by atoms with Gasteiger partial charge in [-0.05, 0) is 32.9 Å². The summed E-state index contributed by atoms with van der Waals surface area (Å²) in [5.41, 5.74) is 2.79. The number of aromatic nitrogens is 1. The van der Waals surface area contributed by atoms with Gasteiger partial charge >= 0.3 is 17.9 Å². The van der Waals surface area contributed by atoms with Crippen molar-refractivity contribution in [2.24, 2.45) is 0 Å². The highest BCUT2D eigenvalue weighted by atomic mass is 79.9. The van der Waals surface area contributed by atoms with Crippen LogP contribution in [0, 0.1) is 0 Å². The van der Waals surface area contributed by atoms with E-state index in [9.17, 15) is 29.4 Å². The van der Waals surface area contributed by atoms with Gasteiger partial charge in [0, 0.05) is 15.6 Å². The van der Waals surface area contributed by atoms with Gasteiger partial charge in [0.25, 0.3) is 5.56 Å². The van der Waals surface area contributed by atoms with Crippen LogP contribution in [0.1, 0.15) is 41.5 Å². The number of nitrogens with two attached hydrogens (primary N) is 1. The Morgan fingerprint density at radius 2 is 1.69 bits per heavy atom. The van der Waals surface area contributed by atoms with Gasteiger partial charge in [-0.15, -0.1) is 0 Å². The second-order valence-corrected chi connectivity index (χ2v) is 7.50. The van der Waals surface area contributed by atoms with Crippen molar-refractivity contribution in [2.75, 3.05) is 18.9 Å². The number of rotatable bonds is 9. The first-order valence-corrected chi connectivity index (χ1v) is 10.1. The zero-order valence-electron chi connectivity index (χ0n) is 17.4. The van der Waals surface area contributed by atoms with Crippen LogP contribution in [0.3, 0.4) is 0 Å². The number of carboxylic acids is 2. The summed E-state index contributed by atoms with van der Waals surface area (Å²) in [5.74, 6) is -4.14. The largest absolute Gasteiger partial charge is 0.490 e. The molecule has 0 spiro atoms. The first-order chi connectivity index (χ1) is 15.0. The van der Waals surface area contributed by atoms with Crippen LogP contribution in [0.4, 0.5) is 5.82 Å². The van der Waals surface area contributed by atoms with Crippen LogP contribution in [0.25, 0.3) is 11.1 Å². The summed E-state index contributed by atoms with van der Waals surface area (Å²) in [4.78, 5) is 49.7. The molecule has 0 aliphatic carbocycles. The van der Waals surface area contributed by atoms with Crippen LogP contribution in [-0.2, 0) is 9.53 Å². The molecule has 0 saturated heterocycles. The summed E-state index contributed by atoms with van der Waals surface area (Å²) < 4.78 is 16.2. The summed E-state index contributed by atoms with van der Waals surface area (Å²) in [7, 11) is 0. The van der Waals surface area contributed by atoms with E-state index >= 15 is 0 Å². The van der Waals surface area contributed by atoms with E-state index in [0.29, 0.717) is 0 Å². The molecule has 1 heterocycles. The standard InChI is InChI=1S/C20H21BrN2O9/c1-4-30-11-5-9(10(21)6-12(11)31-7-13(24)32-8(2)3)14-15(19(26)27)17(22)23-18(25)16(14)20(28)29/h5-6,8H,4,7H2,1-3H3,(H,26,27)(H,28,29)(H3,22,23,25). The van der Waals surface area contributed by atoms with E-state index in [4.69, 9.17) is 19.9 Å². The molecule has 0 radical (unpaired) electrons. The summed E-state index contributed by atoms with van der Waals surface area (Å²) in [6, 6.07) is 2.65. The maximum absolute atomic E-state index is 12.3. The van der Waals surface area contributed by atoms with Gasteiger partial charge in [0.15, 0.2) is 18.1 Å². The average Bonchev–Trinajstić information content (AvgIpc) is 2.66. The van der Waals surface area contributed by atoms with Crippen molar-refractivity contribution in [3.05, 3.63) is 38.1 Å². The number of nitrogens with one attached hydrogen (secondary N) is 1. The van der Waals surface area contributed by atoms with Crippen LogP contribution in [0.5, 0.6) is 11.5 Å². The highest BCUT2D eigenvalue weighted by Crippen LogP contribution is 2.41. The minimum Gasteiger partial charge on any atom is -0.490 e. The van der Waals surface area contributed by atoms with Gasteiger partial charge in [0.05, 0.1) is 12.7 Å². The maximum Gasteiger partial charge on any atom is 0.344 e. The normalized spacial score (nSPS) is 10.7. The van der Waals surface area contributed by atoms with E-state index < -0.39 is 52.6 Å². The fourth-order valence-electron chi connectivity index (χ4n) is 2.86. The number of anilines is 1. The van der Waals surface area contributed by atoms with Crippen molar-refractivity contribution in [1.29, 1.82) is 0 Å². The number of pyridine rings is 1. The Kier molecular flexibility index (Phi) is 7.87. The number of hydrogen-bond acceptors (Lipinski definition) is 8. The van der Waals surface area contributed by atoms with E-state index in [0.717, 1.165) is 0 Å². The Labute approximate surface area is 190 Å². The summed E-state index contributed by atoms with van der Waals surface area (Å²) >= 11 is 3.24. The number of aromatic carboxylic acids is 2. The highest BCUT2D eigenvalue weighted by Gasteiger charge is 2.29. The summed E-state index contributed by atoms with van der Waals surface area (Å²) in [5, 5.41) is 19.2. The molecule has 0 atom stereocenters. The SMILES string of the molecule is CCOc1cc(-c2c(C(=O)O)c(N)[nH]c(=O)c2C(=O)O)c(Br)cc1OCC(=O)OC(C)C. The number of ether oxygens (including phenoxy) is 3. The molecule has 0 bridgehead atoms. The Bertz CT molecular complexity index is 1130. The fourth-order valence-corrected chi connectivity index (χ4v) is 3.38. The third kappa shape index (κ3) is 5.38. The lowest BCUT2D eigenvalue weighted by molar-refractivity contribution is -0.149. The van der Waals surface area contributed by atoms with E-state index in [1.54, 1.807) is 20.8 Å². The van der Waals surface area contributed by atoms with Crippen molar-refractivity contribution in [3.8, 4) is 22.6 Å². The number of esters is 1. The highest BCUT2D eigenvalue weighted by molar-refractivity contribution is 9.10. The Morgan fingerprint density at radius 3 is 2.22 bits per heavy atom. The fraction of sp³-hybridized carbons (Fsp3) is 0.300. The molecule has 2 rings (SSSR count). The number of halogens is 1. The molecule has 11 nitrogen and oxygen atoms in total. The number of hydrogen-bond donors (Lipinski definition) is 4. The van der Waals surface area contributed by atoms with Crippen molar-refractivity contribution in [2.45, 2.75) is 26.9 Å². The Morgan fingerprint density at radius 1 is 1.09 bits per heavy atom. The predicted octanol–water partition coefficient (Wildman–Crippen LogP) is 2.51. The maximum atomic E-state index is 12.3. The second kappa shape index (κ2) is 10.2. The minimum absolute atomic E-state index is 0.0122. The zero-order valence-corrected chi connectivity index (χ0v) is 18.9. The molecule has 1 aromatic heterocycles. The molecule has 0 aliphatic rings. The first kappa shape index (κ1) is 24.7. The van der Waals surface area contributed by atoms with Gasteiger partial charge in [-0.2, -0.15) is 0 Å². The number of carbonyl (C=O) groups is 3. The van der Waals surface area contributed by atoms with E-state index in [-0.39, 0.29) is 34.2 Å². The second-order valence-electron chi connectivity index (χ2n) is 6.64. The number of H-pyrrole nitrogens is 1. The number of carboxylic acid groups (broad SMARTS) is 2. The molecule has 172 valence electrons. The van der Waals surface area contributed by atoms with Gasteiger partial charge in [0.1, 0.15) is 16.9 Å². The lowest BCUT2D eigenvalue weighted by atomic mass is 9.95. The molecule has 1 aromatic carbocycles. The molecular formula is C20H21BrN2O9. The Balaban J connectivity index is 2.71. The molecule has 0 fully saturated rings. The van der Waals surface area contributed by atoms with E-state index in [1.165, 1.54) is 12.1 Å². The molecular weight excluding hydrogens is 492 g/mol. The van der Waals surface area contributed by atoms with Gasteiger partial charge < -0.3 is 35.1 Å². The zero-order chi connectivity index (χ0) is 24.2. The molecule has 32 heavy (non-hydrogen) atoms. The Hall–Kier alpha value is -3.54. The number of nitrogen functional groups attached to an aromatic ring is 1. The lowest BCUT2D eigenvalue weighted by Crippen LogP contribution is -2.24. The van der Waals surface area contributed by atoms with Gasteiger partial charge in [0.2, 0.25) is 0 Å². The quantitative estimate of drug-likeness (QED) is 0.364. The molecule has 12 heteroatoms. The molecule has 0 amide bonds. The van der Waals surface area contributed by atoms with E-state index in [1.807, 2.05) is 4.98 Å². The first-order valence-electron chi connectivity index (χ1n) is 9.29. The topological polar surface area (TPSA) is 178 Å². The van der Waals surface area contributed by atoms with Gasteiger partial charge in [-0.25, -0.2) is 14.4 Å². The van der Waals surface area contributed by atoms with Gasteiger partial charge in [-0.3, -0.25) is 4.79 Å². The third-order valence-electron chi connectivity index (χ3n) is 3.99. The minimum atomic E-state index is -1.65. The molecule has 0 unspecified atom stereocenters. The smallest absolute Gasteiger partial charge is 0.344 e. The predicted molar refractivity (Wildman–Crippen MR) is 116 cm³/mol. The van der Waals surface area contributed by atoms with Crippen LogP contribution in [0.2, 0.25) is 0 Å². The number of carbonyl (C=O) groups excluding carboxylic acids is 1. The van der Waals surface area contributed by atoms with Crippen molar-refractivity contribution >= 4 is 39.7 Å². The molecule has 0 aliphatic heterocycles. The van der Waals surface area contributed by atoms with Crippen LogP contribution in [0.15, 0.2) is 21.4 Å². The monoisotopic (exact) mass is 512 g/mol. The number of benzene rings is 1. The third-order valence-corrected chi connectivity index (χ3v) is 4.64.